The highest BCUT2D eigenvalue weighted by Gasteiger charge is 2.62. The second kappa shape index (κ2) is 10.8. The molecule has 43 heavy (non-hydrogen) atoms. The molecule has 4 aliphatic carbocycles. The predicted octanol–water partition coefficient (Wildman–Crippen LogP) is 5.40. The zero-order valence-electron chi connectivity index (χ0n) is 25.5. The number of aliphatic hydroxyl groups is 1. The van der Waals surface area contributed by atoms with Gasteiger partial charge in [-0.15, -0.1) is 0 Å². The number of rotatable bonds is 8. The number of hydrogen-bond donors (Lipinski definition) is 4. The Morgan fingerprint density at radius 2 is 1.93 bits per heavy atom. The number of allylic oxidation sites excluding steroid dienone is 4. The van der Waals surface area contributed by atoms with Gasteiger partial charge < -0.3 is 30.1 Å². The number of aromatic amines is 1. The van der Waals surface area contributed by atoms with Gasteiger partial charge in [0.25, 0.3) is 5.91 Å². The molecule has 0 spiro atoms. The molecule has 1 heterocycles. The number of oxime groups is 1. The summed E-state index contributed by atoms with van der Waals surface area (Å²) in [4.78, 5) is 32.7. The topological polar surface area (TPSA) is 133 Å². The normalized spacial score (nSPS) is 33.8. The lowest BCUT2D eigenvalue weighted by Crippen LogP contribution is -2.53. The number of nitrogens with zero attached hydrogens (tertiary/aromatic N) is 1. The van der Waals surface area contributed by atoms with Gasteiger partial charge in [-0.3, -0.25) is 4.79 Å². The third-order valence-electron chi connectivity index (χ3n) is 11.5. The minimum atomic E-state index is -1.05. The summed E-state index contributed by atoms with van der Waals surface area (Å²) < 4.78 is 5.29. The van der Waals surface area contributed by atoms with Gasteiger partial charge in [-0.1, -0.05) is 30.7 Å². The summed E-state index contributed by atoms with van der Waals surface area (Å²) >= 11 is 0. The molecule has 0 bridgehead atoms. The van der Waals surface area contributed by atoms with E-state index < -0.39 is 11.6 Å². The summed E-state index contributed by atoms with van der Waals surface area (Å²) in [7, 11) is 1.56. The molecule has 2 aromatic rings. The summed E-state index contributed by atoms with van der Waals surface area (Å²) in [5.41, 5.74) is 2.92. The lowest BCUT2D eigenvalue weighted by molar-refractivity contribution is -0.125. The fraction of sp³-hybridized carbons (Fsp3) is 0.559. The third-order valence-corrected chi connectivity index (χ3v) is 11.5. The summed E-state index contributed by atoms with van der Waals surface area (Å²) in [6.45, 7) is 6.74. The maximum atomic E-state index is 12.5. The lowest BCUT2D eigenvalue weighted by atomic mass is 9.47. The number of carboxylic acid groups (broad SMARTS) is 1. The Bertz CT molecular complexity index is 1540. The molecular weight excluding hydrogens is 546 g/mol. The molecule has 1 amide bonds. The summed E-state index contributed by atoms with van der Waals surface area (Å²) in [6.07, 6.45) is 13.1. The van der Waals surface area contributed by atoms with Crippen LogP contribution in [0.15, 0.2) is 47.2 Å². The molecule has 1 aromatic heterocycles. The molecule has 0 saturated heterocycles. The minimum absolute atomic E-state index is 0.00662. The van der Waals surface area contributed by atoms with Crippen LogP contribution in [0.2, 0.25) is 0 Å². The number of ether oxygens (including phenoxy) is 1. The number of nitrogens with one attached hydrogen (secondary N) is 2. The fourth-order valence-corrected chi connectivity index (χ4v) is 8.85. The first-order valence-corrected chi connectivity index (χ1v) is 15.5. The Hall–Kier alpha value is -3.59. The van der Waals surface area contributed by atoms with Gasteiger partial charge in [-0.05, 0) is 111 Å². The molecule has 1 aromatic carbocycles. The molecule has 9 nitrogen and oxygen atoms in total. The molecule has 0 unspecified atom stereocenters. The van der Waals surface area contributed by atoms with Gasteiger partial charge in [0, 0.05) is 22.9 Å². The van der Waals surface area contributed by atoms with Gasteiger partial charge in [0.1, 0.15) is 17.2 Å². The van der Waals surface area contributed by atoms with Crippen molar-refractivity contribution in [2.45, 2.75) is 71.3 Å². The van der Waals surface area contributed by atoms with Crippen molar-refractivity contribution in [2.24, 2.45) is 33.7 Å². The number of aromatic nitrogens is 1. The Kier molecular flexibility index (Phi) is 7.43. The summed E-state index contributed by atoms with van der Waals surface area (Å²) in [5, 5.41) is 28.6. The van der Waals surface area contributed by atoms with E-state index in [1.165, 1.54) is 5.57 Å². The lowest BCUT2D eigenvalue weighted by Gasteiger charge is -2.58. The minimum Gasteiger partial charge on any atom is -0.497 e. The predicted molar refractivity (Wildman–Crippen MR) is 164 cm³/mol. The van der Waals surface area contributed by atoms with Crippen molar-refractivity contribution in [3.05, 3.63) is 53.3 Å². The van der Waals surface area contributed by atoms with Crippen molar-refractivity contribution in [3.8, 4) is 5.75 Å². The molecule has 0 aliphatic heterocycles. The van der Waals surface area contributed by atoms with Gasteiger partial charge in [0.15, 0.2) is 6.61 Å². The van der Waals surface area contributed by atoms with Gasteiger partial charge in [-0.2, -0.15) is 0 Å². The molecule has 4 N–H and O–H groups in total. The Balaban J connectivity index is 1.04. The molecular formula is C34H43N3O6. The Morgan fingerprint density at radius 3 is 2.70 bits per heavy atom. The van der Waals surface area contributed by atoms with Crippen LogP contribution < -0.4 is 10.1 Å². The number of benzene rings is 1. The fourth-order valence-electron chi connectivity index (χ4n) is 8.85. The SMILES string of the molecule is COc1ccc2[nH]c(C(=O)O)c(CCNC(=O)CO/N=C3/C=C[C@@]4(C)C(=C3)CC[C@H]3[C@H]5CC[C@](C)(O)[C@@]5(C)CC[C@@H]34)c2c1. The number of hydrogen-bond acceptors (Lipinski definition) is 6. The molecule has 3 fully saturated rings. The maximum absolute atomic E-state index is 12.5. The van der Waals surface area contributed by atoms with E-state index in [9.17, 15) is 19.8 Å². The van der Waals surface area contributed by atoms with Gasteiger partial charge in [-0.25, -0.2) is 4.79 Å². The first-order valence-electron chi connectivity index (χ1n) is 15.5. The molecule has 6 rings (SSSR count). The van der Waals surface area contributed by atoms with Crippen LogP contribution in [-0.2, 0) is 16.1 Å². The molecule has 230 valence electrons. The monoisotopic (exact) mass is 589 g/mol. The Labute approximate surface area is 252 Å². The molecule has 6 atom stereocenters. The van der Waals surface area contributed by atoms with Crippen LogP contribution in [0.5, 0.6) is 5.75 Å². The van der Waals surface area contributed by atoms with Gasteiger partial charge >= 0.3 is 5.97 Å². The molecule has 3 saturated carbocycles. The van der Waals surface area contributed by atoms with Crippen LogP contribution in [0.1, 0.15) is 75.3 Å². The average Bonchev–Trinajstić information content (AvgIpc) is 3.46. The standard InChI is InChI=1S/C34H43N3O6/c1-32-13-9-21(17-20(32)5-7-24-26(32)10-14-33(2)27(24)11-15-34(33,3)41)37-43-19-29(38)35-16-12-23-25-18-22(42-4)6-8-28(25)36-30(23)31(39)40/h6,8-9,13,17-18,24,26-27,36,41H,5,7,10-12,14-16,19H2,1-4H3,(H,35,38)(H,39,40)/b37-21-/t24-,26+,27-,32+,33+,34+/m1/s1. The highest BCUT2D eigenvalue weighted by Crippen LogP contribution is 2.66. The quantitative estimate of drug-likeness (QED) is 0.305. The van der Waals surface area contributed by atoms with E-state index in [0.717, 1.165) is 43.9 Å². The zero-order chi connectivity index (χ0) is 30.6. The van der Waals surface area contributed by atoms with Crippen molar-refractivity contribution in [2.75, 3.05) is 20.3 Å². The number of aromatic carboxylic acids is 1. The zero-order valence-corrected chi connectivity index (χ0v) is 25.5. The van der Waals surface area contributed by atoms with E-state index in [-0.39, 0.29) is 35.6 Å². The summed E-state index contributed by atoms with van der Waals surface area (Å²) in [6, 6.07) is 5.35. The van der Waals surface area contributed by atoms with Crippen molar-refractivity contribution in [1.29, 1.82) is 0 Å². The highest BCUT2D eigenvalue weighted by atomic mass is 16.6. The first-order chi connectivity index (χ1) is 20.5. The average molecular weight is 590 g/mol. The van der Waals surface area contributed by atoms with E-state index in [1.807, 2.05) is 13.0 Å². The van der Waals surface area contributed by atoms with Crippen LogP contribution in [0.3, 0.4) is 0 Å². The van der Waals surface area contributed by atoms with E-state index in [4.69, 9.17) is 9.57 Å². The first kappa shape index (κ1) is 29.5. The van der Waals surface area contributed by atoms with Crippen LogP contribution in [0.25, 0.3) is 10.9 Å². The molecule has 4 aliphatic rings. The van der Waals surface area contributed by atoms with E-state index >= 15 is 0 Å². The second-order valence-electron chi connectivity index (χ2n) is 13.6. The maximum Gasteiger partial charge on any atom is 0.352 e. The number of carbonyl (C=O) groups excluding carboxylic acids is 1. The van der Waals surface area contributed by atoms with Gasteiger partial charge in [0.2, 0.25) is 0 Å². The van der Waals surface area contributed by atoms with Crippen molar-refractivity contribution in [3.63, 3.8) is 0 Å². The van der Waals surface area contributed by atoms with E-state index in [0.29, 0.717) is 46.7 Å². The highest BCUT2D eigenvalue weighted by molar-refractivity contribution is 6.05. The van der Waals surface area contributed by atoms with Crippen molar-refractivity contribution in [1.82, 2.24) is 10.3 Å². The largest absolute Gasteiger partial charge is 0.497 e. The van der Waals surface area contributed by atoms with Crippen LogP contribution in [-0.4, -0.2) is 58.6 Å². The van der Waals surface area contributed by atoms with Crippen LogP contribution in [0.4, 0.5) is 0 Å². The Morgan fingerprint density at radius 1 is 1.14 bits per heavy atom. The van der Waals surface area contributed by atoms with Crippen molar-refractivity contribution < 1.29 is 29.4 Å². The van der Waals surface area contributed by atoms with Crippen molar-refractivity contribution >= 4 is 28.5 Å². The van der Waals surface area contributed by atoms with E-state index in [2.05, 4.69) is 41.5 Å². The molecule has 0 radical (unpaired) electrons. The number of H-pyrrole nitrogens is 1. The number of methoxy groups -OCH3 is 1. The summed E-state index contributed by atoms with van der Waals surface area (Å²) in [5.74, 6) is 1.00. The third kappa shape index (κ3) is 4.95. The van der Waals surface area contributed by atoms with Crippen LogP contribution in [0, 0.1) is 28.6 Å². The number of amides is 1. The number of carbonyl (C=O) groups is 2. The van der Waals surface area contributed by atoms with E-state index in [1.54, 1.807) is 25.3 Å². The second-order valence-corrected chi connectivity index (χ2v) is 13.6. The number of fused-ring (bicyclic) bond motifs is 6. The van der Waals surface area contributed by atoms with Gasteiger partial charge in [0.05, 0.1) is 12.7 Å². The smallest absolute Gasteiger partial charge is 0.352 e. The number of carboxylic acids is 1. The van der Waals surface area contributed by atoms with Crippen LogP contribution >= 0.6 is 0 Å². The molecule has 9 heteroatoms.